The highest BCUT2D eigenvalue weighted by Gasteiger charge is 2.16. The van der Waals surface area contributed by atoms with E-state index in [-0.39, 0.29) is 12.5 Å². The quantitative estimate of drug-likeness (QED) is 0.356. The summed E-state index contributed by atoms with van der Waals surface area (Å²) in [5, 5.41) is 11.1. The van der Waals surface area contributed by atoms with Gasteiger partial charge in [-0.1, -0.05) is 23.8 Å². The molecule has 0 bridgehead atoms. The average Bonchev–Trinajstić information content (AvgIpc) is 2.99. The highest BCUT2D eigenvalue weighted by molar-refractivity contribution is 8.15. The molecular formula is C17H17N3O3S. The number of allylic oxidation sites excluding steroid dienone is 1. The van der Waals surface area contributed by atoms with Crippen LogP contribution in [0.4, 0.5) is 0 Å². The maximum Gasteiger partial charge on any atom is 0.236 e. The number of rotatable bonds is 7. The monoisotopic (exact) mass is 343 g/mol. The van der Waals surface area contributed by atoms with E-state index >= 15 is 0 Å². The Morgan fingerprint density at radius 3 is 3.00 bits per heavy atom. The van der Waals surface area contributed by atoms with Gasteiger partial charge in [0.25, 0.3) is 0 Å². The Morgan fingerprint density at radius 1 is 1.54 bits per heavy atom. The molecule has 7 heteroatoms. The molecule has 2 rings (SSSR count). The van der Waals surface area contributed by atoms with Gasteiger partial charge in [0.1, 0.15) is 6.61 Å². The van der Waals surface area contributed by atoms with Crippen molar-refractivity contribution in [2.24, 2.45) is 10.2 Å². The second-order valence-electron chi connectivity index (χ2n) is 4.68. The molecule has 1 N–H and O–H groups in total. The van der Waals surface area contributed by atoms with Crippen LogP contribution in [0, 0.1) is 12.3 Å². The molecule has 0 aromatic heterocycles. The minimum Gasteiger partial charge on any atom is -0.493 e. The second-order valence-corrected chi connectivity index (χ2v) is 5.65. The van der Waals surface area contributed by atoms with Crippen molar-refractivity contribution in [3.8, 4) is 23.8 Å². The highest BCUT2D eigenvalue weighted by Crippen LogP contribution is 2.33. The largest absolute Gasteiger partial charge is 0.493 e. The number of hydrogen-bond donors (Lipinski definition) is 1. The van der Waals surface area contributed by atoms with Crippen LogP contribution < -0.4 is 14.8 Å². The number of terminal acetylenes is 1. The molecule has 1 heterocycles. The van der Waals surface area contributed by atoms with E-state index in [4.69, 9.17) is 15.9 Å². The van der Waals surface area contributed by atoms with Gasteiger partial charge in [0, 0.05) is 5.56 Å². The van der Waals surface area contributed by atoms with Crippen molar-refractivity contribution in [1.82, 2.24) is 5.32 Å². The van der Waals surface area contributed by atoms with Crippen LogP contribution in [0.25, 0.3) is 0 Å². The molecule has 1 aliphatic heterocycles. The number of hydrogen-bond acceptors (Lipinski definition) is 6. The molecule has 0 saturated carbocycles. The van der Waals surface area contributed by atoms with Gasteiger partial charge in [-0.3, -0.25) is 4.79 Å². The van der Waals surface area contributed by atoms with Crippen molar-refractivity contribution in [2.45, 2.75) is 6.42 Å². The number of thioether (sulfide) groups is 1. The number of benzene rings is 1. The van der Waals surface area contributed by atoms with E-state index in [0.717, 1.165) is 11.1 Å². The number of nitrogens with zero attached hydrogens (tertiary/aromatic N) is 2. The number of methoxy groups -OCH3 is 1. The van der Waals surface area contributed by atoms with Crippen LogP contribution in [-0.4, -0.2) is 36.8 Å². The zero-order valence-corrected chi connectivity index (χ0v) is 14.1. The van der Waals surface area contributed by atoms with Crippen molar-refractivity contribution >= 4 is 29.1 Å². The molecule has 1 fully saturated rings. The van der Waals surface area contributed by atoms with Crippen LogP contribution >= 0.6 is 11.8 Å². The predicted molar refractivity (Wildman–Crippen MR) is 96.9 cm³/mol. The molecule has 124 valence electrons. The van der Waals surface area contributed by atoms with Gasteiger partial charge in [-0.2, -0.15) is 5.10 Å². The van der Waals surface area contributed by atoms with Crippen LogP contribution in [0.15, 0.2) is 35.0 Å². The van der Waals surface area contributed by atoms with Crippen LogP contribution in [0.5, 0.6) is 11.5 Å². The Labute approximate surface area is 145 Å². The van der Waals surface area contributed by atoms with Gasteiger partial charge in [-0.25, -0.2) is 0 Å². The second kappa shape index (κ2) is 8.79. The molecule has 1 aromatic carbocycles. The zero-order chi connectivity index (χ0) is 17.4. The number of carbonyl (C=O) groups excluding carboxylic acids is 1. The van der Waals surface area contributed by atoms with Gasteiger partial charge < -0.3 is 14.8 Å². The Hall–Kier alpha value is -2.72. The van der Waals surface area contributed by atoms with E-state index in [2.05, 4.69) is 28.0 Å². The van der Waals surface area contributed by atoms with Gasteiger partial charge in [0.05, 0.1) is 19.1 Å². The summed E-state index contributed by atoms with van der Waals surface area (Å²) < 4.78 is 11.0. The lowest BCUT2D eigenvalue weighted by Crippen LogP contribution is -2.19. The van der Waals surface area contributed by atoms with Gasteiger partial charge in [-0.15, -0.1) is 18.1 Å². The first kappa shape index (κ1) is 17.6. The number of nitrogens with one attached hydrogen (secondary N) is 1. The Kier molecular flexibility index (Phi) is 6.46. The fourth-order valence-electron chi connectivity index (χ4n) is 2.02. The van der Waals surface area contributed by atoms with E-state index in [1.165, 1.54) is 11.8 Å². The van der Waals surface area contributed by atoms with E-state index in [1.54, 1.807) is 25.5 Å². The molecule has 24 heavy (non-hydrogen) atoms. The topological polar surface area (TPSA) is 72.3 Å². The van der Waals surface area contributed by atoms with Crippen molar-refractivity contribution in [3.05, 3.63) is 35.9 Å². The lowest BCUT2D eigenvalue weighted by atomic mass is 10.1. The van der Waals surface area contributed by atoms with E-state index < -0.39 is 0 Å². The predicted octanol–water partition coefficient (Wildman–Crippen LogP) is 1.99. The lowest BCUT2D eigenvalue weighted by Gasteiger charge is -2.14. The third kappa shape index (κ3) is 4.64. The summed E-state index contributed by atoms with van der Waals surface area (Å²) in [5.41, 5.74) is 1.67. The molecule has 1 amide bonds. The van der Waals surface area contributed by atoms with Crippen molar-refractivity contribution in [1.29, 1.82) is 0 Å². The number of ether oxygens (including phenoxy) is 2. The van der Waals surface area contributed by atoms with Crippen LogP contribution in [0.1, 0.15) is 11.1 Å². The van der Waals surface area contributed by atoms with Crippen molar-refractivity contribution in [2.75, 3.05) is 19.5 Å². The Balaban J connectivity index is 2.26. The maximum atomic E-state index is 11.1. The molecule has 1 aromatic rings. The van der Waals surface area contributed by atoms with Crippen LogP contribution in [0.3, 0.4) is 0 Å². The zero-order valence-electron chi connectivity index (χ0n) is 13.2. The van der Waals surface area contributed by atoms with Gasteiger partial charge in [0.15, 0.2) is 16.7 Å². The summed E-state index contributed by atoms with van der Waals surface area (Å²) in [6.07, 6.45) is 9.20. The Morgan fingerprint density at radius 2 is 2.38 bits per heavy atom. The first-order chi connectivity index (χ1) is 11.7. The maximum absolute atomic E-state index is 11.1. The van der Waals surface area contributed by atoms with Crippen molar-refractivity contribution < 1.29 is 14.3 Å². The molecule has 0 aliphatic carbocycles. The summed E-state index contributed by atoms with van der Waals surface area (Å²) in [6.45, 7) is 3.90. The van der Waals surface area contributed by atoms with E-state index in [0.29, 0.717) is 28.8 Å². The van der Waals surface area contributed by atoms with Gasteiger partial charge >= 0.3 is 0 Å². The molecule has 6 nitrogen and oxygen atoms in total. The summed E-state index contributed by atoms with van der Waals surface area (Å²) in [6, 6.07) is 3.68. The summed E-state index contributed by atoms with van der Waals surface area (Å²) in [5.74, 6) is 3.89. The first-order valence-electron chi connectivity index (χ1n) is 7.09. The molecule has 0 radical (unpaired) electrons. The average molecular weight is 343 g/mol. The Bertz CT molecular complexity index is 735. The number of carbonyl (C=O) groups is 1. The normalized spacial score (nSPS) is 15.3. The number of amides is 1. The first-order valence-corrected chi connectivity index (χ1v) is 8.08. The third-order valence-corrected chi connectivity index (χ3v) is 3.84. The molecule has 0 spiro atoms. The summed E-state index contributed by atoms with van der Waals surface area (Å²) >= 11 is 1.31. The highest BCUT2D eigenvalue weighted by atomic mass is 32.2. The smallest absolute Gasteiger partial charge is 0.236 e. The van der Waals surface area contributed by atoms with Gasteiger partial charge in [0.2, 0.25) is 5.91 Å². The van der Waals surface area contributed by atoms with E-state index in [1.807, 2.05) is 6.07 Å². The molecule has 1 aliphatic rings. The van der Waals surface area contributed by atoms with Crippen LogP contribution in [-0.2, 0) is 11.2 Å². The number of amidine groups is 1. The summed E-state index contributed by atoms with van der Waals surface area (Å²) in [7, 11) is 1.56. The molecule has 1 saturated heterocycles. The fraction of sp³-hybridized carbons (Fsp3) is 0.235. The molecular weight excluding hydrogens is 326 g/mol. The summed E-state index contributed by atoms with van der Waals surface area (Å²) in [4.78, 5) is 11.1. The minimum atomic E-state index is -0.0705. The molecule has 0 atom stereocenters. The van der Waals surface area contributed by atoms with Crippen LogP contribution in [0.2, 0.25) is 0 Å². The fourth-order valence-corrected chi connectivity index (χ4v) is 2.65. The van der Waals surface area contributed by atoms with Gasteiger partial charge in [-0.05, 0) is 24.1 Å². The SMILES string of the molecule is C#CCOc1c(CC=C)cc(C=NN=C2NC(=O)CS2)cc1OC. The van der Waals surface area contributed by atoms with Crippen molar-refractivity contribution in [3.63, 3.8) is 0 Å². The standard InChI is InChI=1S/C17H17N3O3S/c1-4-6-13-8-12(9-14(22-3)16(13)23-7-5-2)10-18-20-17-19-15(21)11-24-17/h2,4,8-10H,1,6-7,11H2,3H3,(H,19,20,21). The van der Waals surface area contributed by atoms with E-state index in [9.17, 15) is 4.79 Å². The third-order valence-electron chi connectivity index (χ3n) is 2.98. The lowest BCUT2D eigenvalue weighted by molar-refractivity contribution is -0.116. The minimum absolute atomic E-state index is 0.0705. The molecule has 0 unspecified atom stereocenters.